The molecule has 0 bridgehead atoms. The van der Waals surface area contributed by atoms with Crippen LogP contribution in [-0.2, 0) is 10.4 Å². The van der Waals surface area contributed by atoms with Gasteiger partial charge in [0.05, 0.1) is 6.61 Å². The molecular formula is C10H12F2O. The summed E-state index contributed by atoms with van der Waals surface area (Å²) >= 11 is 0. The molecule has 0 spiro atoms. The Balaban J connectivity index is 2.87. The summed E-state index contributed by atoms with van der Waals surface area (Å²) in [5, 5.41) is 0. The minimum atomic E-state index is -1.55. The first-order valence-corrected chi connectivity index (χ1v) is 4.00. The predicted molar refractivity (Wildman–Crippen MR) is 46.7 cm³/mol. The van der Waals surface area contributed by atoms with Crippen LogP contribution in [0.5, 0.6) is 0 Å². The molecule has 0 aliphatic carbocycles. The van der Waals surface area contributed by atoms with Crippen LogP contribution in [0.2, 0.25) is 0 Å². The van der Waals surface area contributed by atoms with Crippen molar-refractivity contribution < 1.29 is 13.5 Å². The van der Waals surface area contributed by atoms with E-state index in [1.807, 2.05) is 0 Å². The van der Waals surface area contributed by atoms with E-state index in [-0.39, 0.29) is 12.4 Å². The zero-order valence-corrected chi connectivity index (χ0v) is 7.68. The molecule has 0 N–H and O–H groups in total. The monoisotopic (exact) mass is 186 g/mol. The molecule has 0 aliphatic heterocycles. The van der Waals surface area contributed by atoms with Crippen molar-refractivity contribution >= 4 is 0 Å². The quantitative estimate of drug-likeness (QED) is 0.705. The van der Waals surface area contributed by atoms with Crippen molar-refractivity contribution in [2.45, 2.75) is 12.6 Å². The first-order valence-electron chi connectivity index (χ1n) is 4.00. The zero-order chi connectivity index (χ0) is 9.90. The summed E-state index contributed by atoms with van der Waals surface area (Å²) in [6.45, 7) is 1.38. The van der Waals surface area contributed by atoms with Crippen molar-refractivity contribution in [2.24, 2.45) is 0 Å². The summed E-state index contributed by atoms with van der Waals surface area (Å²) in [7, 11) is 1.43. The molecule has 1 rings (SSSR count). The van der Waals surface area contributed by atoms with Crippen LogP contribution < -0.4 is 0 Å². The van der Waals surface area contributed by atoms with E-state index < -0.39 is 5.67 Å². The maximum atomic E-state index is 13.7. The normalized spacial score (nSPS) is 15.4. The van der Waals surface area contributed by atoms with Crippen molar-refractivity contribution in [1.82, 2.24) is 0 Å². The Hall–Kier alpha value is -0.960. The Labute approximate surface area is 76.3 Å². The summed E-state index contributed by atoms with van der Waals surface area (Å²) in [6, 6.07) is 5.33. The number of alkyl halides is 1. The van der Waals surface area contributed by atoms with Crippen LogP contribution in [0.3, 0.4) is 0 Å². The van der Waals surface area contributed by atoms with Gasteiger partial charge in [0.1, 0.15) is 5.82 Å². The van der Waals surface area contributed by atoms with E-state index >= 15 is 0 Å². The Morgan fingerprint density at radius 2 is 1.85 bits per heavy atom. The first kappa shape index (κ1) is 10.1. The molecule has 1 unspecified atom stereocenters. The van der Waals surface area contributed by atoms with E-state index in [1.165, 1.54) is 38.3 Å². The smallest absolute Gasteiger partial charge is 0.156 e. The third-order valence-corrected chi connectivity index (χ3v) is 1.86. The molecule has 0 saturated carbocycles. The van der Waals surface area contributed by atoms with Crippen molar-refractivity contribution in [3.63, 3.8) is 0 Å². The molecule has 0 aliphatic rings. The number of hydrogen-bond donors (Lipinski definition) is 0. The van der Waals surface area contributed by atoms with Crippen LogP contribution in [0.15, 0.2) is 24.3 Å². The average Bonchev–Trinajstić information content (AvgIpc) is 2.05. The number of methoxy groups -OCH3 is 1. The molecule has 0 fully saturated rings. The summed E-state index contributed by atoms with van der Waals surface area (Å²) in [4.78, 5) is 0. The van der Waals surface area contributed by atoms with Gasteiger partial charge in [-0.1, -0.05) is 12.1 Å². The first-order chi connectivity index (χ1) is 6.06. The standard InChI is InChI=1S/C10H12F2O/c1-10(12,7-13-2)8-3-5-9(11)6-4-8/h3-6H,7H2,1-2H3. The highest BCUT2D eigenvalue weighted by Crippen LogP contribution is 2.25. The third-order valence-electron chi connectivity index (χ3n) is 1.86. The fourth-order valence-corrected chi connectivity index (χ4v) is 1.15. The van der Waals surface area contributed by atoms with Gasteiger partial charge >= 0.3 is 0 Å². The molecule has 0 saturated heterocycles. The lowest BCUT2D eigenvalue weighted by molar-refractivity contribution is 0.0527. The molecular weight excluding hydrogens is 174 g/mol. The van der Waals surface area contributed by atoms with E-state index in [1.54, 1.807) is 0 Å². The van der Waals surface area contributed by atoms with Gasteiger partial charge in [0.25, 0.3) is 0 Å². The van der Waals surface area contributed by atoms with Gasteiger partial charge in [0.2, 0.25) is 0 Å². The van der Waals surface area contributed by atoms with Crippen LogP contribution in [-0.4, -0.2) is 13.7 Å². The zero-order valence-electron chi connectivity index (χ0n) is 7.68. The fourth-order valence-electron chi connectivity index (χ4n) is 1.15. The molecule has 72 valence electrons. The highest BCUT2D eigenvalue weighted by atomic mass is 19.1. The van der Waals surface area contributed by atoms with Crippen molar-refractivity contribution in [3.05, 3.63) is 35.6 Å². The van der Waals surface area contributed by atoms with Gasteiger partial charge in [0.15, 0.2) is 5.67 Å². The fraction of sp³-hybridized carbons (Fsp3) is 0.400. The lowest BCUT2D eigenvalue weighted by Crippen LogP contribution is -2.21. The van der Waals surface area contributed by atoms with E-state index in [9.17, 15) is 8.78 Å². The van der Waals surface area contributed by atoms with E-state index in [0.717, 1.165) is 0 Å². The molecule has 1 aromatic carbocycles. The summed E-state index contributed by atoms with van der Waals surface area (Å²) in [5.41, 5.74) is -1.13. The number of rotatable bonds is 3. The average molecular weight is 186 g/mol. The second kappa shape index (κ2) is 3.83. The second-order valence-corrected chi connectivity index (χ2v) is 3.14. The molecule has 1 atom stereocenters. The topological polar surface area (TPSA) is 9.23 Å². The molecule has 1 nitrogen and oxygen atoms in total. The highest BCUT2D eigenvalue weighted by Gasteiger charge is 2.25. The van der Waals surface area contributed by atoms with Crippen LogP contribution in [0.1, 0.15) is 12.5 Å². The van der Waals surface area contributed by atoms with Crippen molar-refractivity contribution in [1.29, 1.82) is 0 Å². The van der Waals surface area contributed by atoms with Gasteiger partial charge in [-0.2, -0.15) is 0 Å². The van der Waals surface area contributed by atoms with Gasteiger partial charge < -0.3 is 4.74 Å². The number of hydrogen-bond acceptors (Lipinski definition) is 1. The van der Waals surface area contributed by atoms with E-state index in [0.29, 0.717) is 5.56 Å². The molecule has 0 amide bonds. The Kier molecular flexibility index (Phi) is 2.98. The van der Waals surface area contributed by atoms with Gasteiger partial charge in [-0.25, -0.2) is 8.78 Å². The maximum absolute atomic E-state index is 13.7. The predicted octanol–water partition coefficient (Wildman–Crippen LogP) is 2.66. The molecule has 0 aromatic heterocycles. The van der Waals surface area contributed by atoms with Gasteiger partial charge in [-0.05, 0) is 24.6 Å². The Morgan fingerprint density at radius 3 is 2.31 bits per heavy atom. The summed E-state index contributed by atoms with van der Waals surface area (Å²) in [6.07, 6.45) is 0. The molecule has 13 heavy (non-hydrogen) atoms. The van der Waals surface area contributed by atoms with Gasteiger partial charge in [-0.15, -0.1) is 0 Å². The van der Waals surface area contributed by atoms with E-state index in [4.69, 9.17) is 4.74 Å². The molecule has 3 heteroatoms. The third kappa shape index (κ3) is 2.49. The number of halogens is 2. The molecule has 1 aromatic rings. The van der Waals surface area contributed by atoms with Gasteiger partial charge in [0, 0.05) is 7.11 Å². The largest absolute Gasteiger partial charge is 0.381 e. The van der Waals surface area contributed by atoms with Crippen LogP contribution in [0.25, 0.3) is 0 Å². The summed E-state index contributed by atoms with van der Waals surface area (Å²) < 4.78 is 30.9. The van der Waals surface area contributed by atoms with Gasteiger partial charge in [-0.3, -0.25) is 0 Å². The van der Waals surface area contributed by atoms with Crippen LogP contribution in [0.4, 0.5) is 8.78 Å². The SMILES string of the molecule is COCC(C)(F)c1ccc(F)cc1. The minimum Gasteiger partial charge on any atom is -0.381 e. The molecule has 0 heterocycles. The minimum absolute atomic E-state index is 0.0291. The Bertz CT molecular complexity index is 267. The van der Waals surface area contributed by atoms with Crippen molar-refractivity contribution in [2.75, 3.05) is 13.7 Å². The highest BCUT2D eigenvalue weighted by molar-refractivity contribution is 5.22. The number of ether oxygens (including phenoxy) is 1. The van der Waals surface area contributed by atoms with Crippen LogP contribution in [0, 0.1) is 5.82 Å². The Morgan fingerprint density at radius 1 is 1.31 bits per heavy atom. The van der Waals surface area contributed by atoms with E-state index in [2.05, 4.69) is 0 Å². The number of benzene rings is 1. The lowest BCUT2D eigenvalue weighted by Gasteiger charge is -2.19. The summed E-state index contributed by atoms with van der Waals surface area (Å²) in [5.74, 6) is -0.364. The lowest BCUT2D eigenvalue weighted by atomic mass is 9.99. The van der Waals surface area contributed by atoms with Crippen molar-refractivity contribution in [3.8, 4) is 0 Å². The molecule has 0 radical (unpaired) electrons. The maximum Gasteiger partial charge on any atom is 0.156 e. The second-order valence-electron chi connectivity index (χ2n) is 3.14. The van der Waals surface area contributed by atoms with Crippen LogP contribution >= 0.6 is 0 Å².